The van der Waals surface area contributed by atoms with E-state index in [0.717, 1.165) is 101 Å². The minimum Gasteiger partial charge on any atom is -0.456 e. The van der Waals surface area contributed by atoms with Crippen molar-refractivity contribution in [3.05, 3.63) is 101 Å². The first-order valence-electron chi connectivity index (χ1n) is 17.9. The molecule has 4 bridgehead atoms. The number of furan rings is 1. The van der Waals surface area contributed by atoms with Gasteiger partial charge in [0.25, 0.3) is 0 Å². The van der Waals surface area contributed by atoms with Crippen molar-refractivity contribution in [1.29, 1.82) is 0 Å². The standard InChI is InChI=1S/C44H33NO3/c46-43-24-9-5-22(6-10-24)29-18-31-34-16-27(26-13-14-41-33(15-26)28-3-1-2-4-40(28)48-41)17-35-32-19-30-23-7-11-25(12-8-23)44(47)37(30)21-39(32)45(42(34)35)38(31)20-36(29)43/h1-4,13-25H,5-12H2. The lowest BCUT2D eigenvalue weighted by atomic mass is 9.82. The number of Topliss-reactive ketones (excluding diaryl/α,β-unsaturated/α-hetero) is 2. The van der Waals surface area contributed by atoms with Crippen molar-refractivity contribution >= 4 is 71.6 Å². The first-order chi connectivity index (χ1) is 23.6. The number of nitrogens with zero attached hydrogens (tertiary/aromatic N) is 1. The minimum absolute atomic E-state index is 0.148. The van der Waals surface area contributed by atoms with Crippen LogP contribution in [0.3, 0.4) is 0 Å². The normalized spacial score (nSPS) is 23.7. The van der Waals surface area contributed by atoms with Crippen LogP contribution in [0.1, 0.15) is 95.0 Å². The van der Waals surface area contributed by atoms with Crippen LogP contribution in [0.5, 0.6) is 0 Å². The molecule has 6 aliphatic rings. The fraction of sp³-hybridized carbons (Fsp3) is 0.273. The van der Waals surface area contributed by atoms with Crippen LogP contribution >= 0.6 is 0 Å². The Kier molecular flexibility index (Phi) is 4.85. The van der Waals surface area contributed by atoms with Crippen LogP contribution in [-0.4, -0.2) is 16.0 Å². The number of fused-ring (bicyclic) bond motifs is 13. The lowest BCUT2D eigenvalue weighted by Gasteiger charge is -2.22. The third-order valence-corrected chi connectivity index (χ3v) is 13.0. The number of ketones is 2. The molecule has 8 aromatic rings. The zero-order valence-electron chi connectivity index (χ0n) is 26.6. The fourth-order valence-electron chi connectivity index (χ4n) is 10.6. The summed E-state index contributed by atoms with van der Waals surface area (Å²) in [6, 6.07) is 28.8. The summed E-state index contributed by atoms with van der Waals surface area (Å²) in [5, 5.41) is 7.14. The Bertz CT molecular complexity index is 2620. The molecule has 0 radical (unpaired) electrons. The summed E-state index contributed by atoms with van der Waals surface area (Å²) < 4.78 is 8.59. The highest BCUT2D eigenvalue weighted by Gasteiger charge is 2.38. The van der Waals surface area contributed by atoms with Gasteiger partial charge in [0.1, 0.15) is 11.2 Å². The second kappa shape index (κ2) is 8.93. The van der Waals surface area contributed by atoms with E-state index in [-0.39, 0.29) is 11.8 Å². The van der Waals surface area contributed by atoms with E-state index in [2.05, 4.69) is 71.1 Å². The first kappa shape index (κ1) is 26.0. The van der Waals surface area contributed by atoms with Crippen molar-refractivity contribution in [1.82, 2.24) is 4.40 Å². The zero-order chi connectivity index (χ0) is 31.4. The van der Waals surface area contributed by atoms with Gasteiger partial charge in [-0.3, -0.25) is 9.59 Å². The molecule has 5 aromatic carbocycles. The van der Waals surface area contributed by atoms with Crippen LogP contribution in [0.25, 0.3) is 71.2 Å². The molecular weight excluding hydrogens is 590 g/mol. The van der Waals surface area contributed by atoms with Gasteiger partial charge in [-0.25, -0.2) is 0 Å². The Morgan fingerprint density at radius 2 is 1.00 bits per heavy atom. The van der Waals surface area contributed by atoms with Crippen LogP contribution in [-0.2, 0) is 0 Å². The number of aromatic nitrogens is 1. The highest BCUT2D eigenvalue weighted by atomic mass is 16.3. The van der Waals surface area contributed by atoms with Crippen molar-refractivity contribution in [2.75, 3.05) is 0 Å². The van der Waals surface area contributed by atoms with Crippen molar-refractivity contribution in [2.45, 2.75) is 63.2 Å². The van der Waals surface area contributed by atoms with E-state index in [1.54, 1.807) is 0 Å². The summed E-state index contributed by atoms with van der Waals surface area (Å²) >= 11 is 0. The van der Waals surface area contributed by atoms with Gasteiger partial charge >= 0.3 is 0 Å². The summed E-state index contributed by atoms with van der Waals surface area (Å²) in [5.74, 6) is 1.86. The lowest BCUT2D eigenvalue weighted by molar-refractivity contribution is 0.0891. The fourth-order valence-corrected chi connectivity index (χ4v) is 10.6. The molecule has 4 heteroatoms. The third kappa shape index (κ3) is 3.22. The third-order valence-electron chi connectivity index (χ3n) is 13.0. The summed E-state index contributed by atoms with van der Waals surface area (Å²) in [6.07, 6.45) is 8.41. The largest absolute Gasteiger partial charge is 0.456 e. The van der Waals surface area contributed by atoms with Gasteiger partial charge in [0.05, 0.1) is 16.6 Å². The molecule has 0 aliphatic heterocycles. The molecule has 0 amide bonds. The first-order valence-corrected chi connectivity index (χ1v) is 17.9. The van der Waals surface area contributed by atoms with E-state index >= 15 is 0 Å². The molecule has 14 rings (SSSR count). The van der Waals surface area contributed by atoms with Gasteiger partial charge in [-0.2, -0.15) is 0 Å². The Hall–Kier alpha value is -4.96. The smallest absolute Gasteiger partial charge is 0.166 e. The van der Waals surface area contributed by atoms with E-state index < -0.39 is 0 Å². The van der Waals surface area contributed by atoms with E-state index in [4.69, 9.17) is 4.42 Å². The average molecular weight is 624 g/mol. The van der Waals surface area contributed by atoms with Crippen LogP contribution < -0.4 is 0 Å². The number of para-hydroxylation sites is 1. The maximum Gasteiger partial charge on any atom is 0.166 e. The molecule has 0 atom stereocenters. The highest BCUT2D eigenvalue weighted by Crippen LogP contribution is 2.50. The number of hydrogen-bond donors (Lipinski definition) is 0. The molecule has 3 aromatic heterocycles. The second-order valence-electron chi connectivity index (χ2n) is 15.3. The number of benzene rings is 5. The molecule has 48 heavy (non-hydrogen) atoms. The van der Waals surface area contributed by atoms with Crippen molar-refractivity contribution in [3.8, 4) is 11.1 Å². The molecule has 0 saturated heterocycles. The lowest BCUT2D eigenvalue weighted by Crippen LogP contribution is -2.15. The number of carbonyl (C=O) groups is 2. The van der Waals surface area contributed by atoms with Gasteiger partial charge in [-0.1, -0.05) is 24.3 Å². The Labute approximate surface area is 276 Å². The molecule has 2 fully saturated rings. The van der Waals surface area contributed by atoms with E-state index in [0.29, 0.717) is 23.4 Å². The predicted octanol–water partition coefficient (Wildman–Crippen LogP) is 11.3. The van der Waals surface area contributed by atoms with Gasteiger partial charge in [-0.15, -0.1) is 0 Å². The van der Waals surface area contributed by atoms with Gasteiger partial charge in [0.15, 0.2) is 11.6 Å². The highest BCUT2D eigenvalue weighted by molar-refractivity contribution is 6.26. The molecule has 4 nitrogen and oxygen atoms in total. The molecular formula is C44H33NO3. The monoisotopic (exact) mass is 623 g/mol. The maximum absolute atomic E-state index is 13.9. The molecule has 0 unspecified atom stereocenters. The van der Waals surface area contributed by atoms with Crippen LogP contribution in [0, 0.1) is 11.8 Å². The molecule has 3 heterocycles. The minimum atomic E-state index is 0.148. The Morgan fingerprint density at radius 3 is 1.60 bits per heavy atom. The predicted molar refractivity (Wildman–Crippen MR) is 192 cm³/mol. The van der Waals surface area contributed by atoms with E-state index in [1.165, 1.54) is 43.8 Å². The molecule has 232 valence electrons. The second-order valence-corrected chi connectivity index (χ2v) is 15.3. The maximum atomic E-state index is 13.9. The SMILES string of the molecule is O=C1c2cc3c(cc2C2CCC1CC2)c1cc(-c2ccc4oc5ccccc5c4c2)cc2c4cc5c(cc4n3c12)C(=O)C1CCC5CC1. The molecule has 6 aliphatic carbocycles. The number of carbonyl (C=O) groups excluding carboxylic acids is 2. The van der Waals surface area contributed by atoms with Crippen LogP contribution in [0.2, 0.25) is 0 Å². The van der Waals surface area contributed by atoms with Crippen LogP contribution in [0.4, 0.5) is 0 Å². The molecule has 2 saturated carbocycles. The molecule has 0 spiro atoms. The molecule has 0 N–H and O–H groups in total. The van der Waals surface area contributed by atoms with Crippen molar-refractivity contribution < 1.29 is 14.0 Å². The van der Waals surface area contributed by atoms with E-state index in [9.17, 15) is 9.59 Å². The summed E-state index contributed by atoms with van der Waals surface area (Å²) in [5.41, 5.74) is 11.9. The average Bonchev–Trinajstić information content (AvgIpc) is 3.66. The number of hydrogen-bond acceptors (Lipinski definition) is 3. The van der Waals surface area contributed by atoms with E-state index in [1.807, 2.05) is 12.1 Å². The van der Waals surface area contributed by atoms with Gasteiger partial charge in [0, 0.05) is 55.3 Å². The summed E-state index contributed by atoms with van der Waals surface area (Å²) in [6.45, 7) is 0. The van der Waals surface area contributed by atoms with Gasteiger partial charge < -0.3 is 8.82 Å². The summed E-state index contributed by atoms with van der Waals surface area (Å²) in [7, 11) is 0. The Balaban J connectivity index is 1.21. The topological polar surface area (TPSA) is 51.7 Å². The number of rotatable bonds is 1. The zero-order valence-corrected chi connectivity index (χ0v) is 26.6. The van der Waals surface area contributed by atoms with Crippen molar-refractivity contribution in [2.24, 2.45) is 11.8 Å². The quantitative estimate of drug-likeness (QED) is 0.183. The van der Waals surface area contributed by atoms with Crippen molar-refractivity contribution in [3.63, 3.8) is 0 Å². The Morgan fingerprint density at radius 1 is 0.479 bits per heavy atom. The van der Waals surface area contributed by atoms with Gasteiger partial charge in [-0.05, 0) is 140 Å². The summed E-state index contributed by atoms with van der Waals surface area (Å²) in [4.78, 5) is 27.8. The van der Waals surface area contributed by atoms with Crippen LogP contribution in [0.15, 0.2) is 83.3 Å². The van der Waals surface area contributed by atoms with Gasteiger partial charge in [0.2, 0.25) is 0 Å².